The van der Waals surface area contributed by atoms with Crippen LogP contribution in [0.2, 0.25) is 0 Å². The standard InChI is InChI=1S/C17H27N3/c1-13(2)8-19-10-16-9-18-7-6-17(16)20-11-14-4-3-5-15(14)12-20/h6-7,9,13-15,19H,3-5,8,10-12H2,1-2H3. The minimum absolute atomic E-state index is 0.696. The molecule has 20 heavy (non-hydrogen) atoms. The van der Waals surface area contributed by atoms with E-state index in [2.05, 4.69) is 35.1 Å². The van der Waals surface area contributed by atoms with Crippen molar-refractivity contribution in [3.63, 3.8) is 0 Å². The highest BCUT2D eigenvalue weighted by Gasteiger charge is 2.36. The highest BCUT2D eigenvalue weighted by molar-refractivity contribution is 5.53. The van der Waals surface area contributed by atoms with E-state index < -0.39 is 0 Å². The van der Waals surface area contributed by atoms with Gasteiger partial charge in [-0.1, -0.05) is 20.3 Å². The van der Waals surface area contributed by atoms with Crippen molar-refractivity contribution in [2.24, 2.45) is 17.8 Å². The third kappa shape index (κ3) is 2.98. The van der Waals surface area contributed by atoms with Crippen LogP contribution in [0.25, 0.3) is 0 Å². The van der Waals surface area contributed by atoms with Gasteiger partial charge in [-0.2, -0.15) is 0 Å². The van der Waals surface area contributed by atoms with Gasteiger partial charge >= 0.3 is 0 Å². The van der Waals surface area contributed by atoms with Crippen molar-refractivity contribution in [1.82, 2.24) is 10.3 Å². The quantitative estimate of drug-likeness (QED) is 0.893. The van der Waals surface area contributed by atoms with Crippen LogP contribution >= 0.6 is 0 Å². The number of aromatic nitrogens is 1. The zero-order valence-corrected chi connectivity index (χ0v) is 12.8. The van der Waals surface area contributed by atoms with Gasteiger partial charge < -0.3 is 10.2 Å². The van der Waals surface area contributed by atoms with Crippen LogP contribution in [0, 0.1) is 17.8 Å². The van der Waals surface area contributed by atoms with E-state index in [0.717, 1.165) is 24.9 Å². The molecule has 0 spiro atoms. The maximum Gasteiger partial charge on any atom is 0.0443 e. The Labute approximate surface area is 122 Å². The van der Waals surface area contributed by atoms with Crippen molar-refractivity contribution in [3.8, 4) is 0 Å². The Morgan fingerprint density at radius 3 is 2.75 bits per heavy atom. The molecular weight excluding hydrogens is 246 g/mol. The van der Waals surface area contributed by atoms with Crippen molar-refractivity contribution in [2.45, 2.75) is 39.7 Å². The van der Waals surface area contributed by atoms with Crippen LogP contribution < -0.4 is 10.2 Å². The lowest BCUT2D eigenvalue weighted by Crippen LogP contribution is -2.25. The Balaban J connectivity index is 1.67. The summed E-state index contributed by atoms with van der Waals surface area (Å²) < 4.78 is 0. The summed E-state index contributed by atoms with van der Waals surface area (Å²) in [5, 5.41) is 3.55. The van der Waals surface area contributed by atoms with Gasteiger partial charge in [-0.15, -0.1) is 0 Å². The summed E-state index contributed by atoms with van der Waals surface area (Å²) in [6.45, 7) is 9.02. The molecule has 2 aliphatic rings. The third-order valence-corrected chi connectivity index (χ3v) is 4.81. The molecular formula is C17H27N3. The second-order valence-electron chi connectivity index (χ2n) is 6.89. The van der Waals surface area contributed by atoms with Crippen LogP contribution in [-0.2, 0) is 6.54 Å². The maximum absolute atomic E-state index is 4.32. The predicted octanol–water partition coefficient (Wildman–Crippen LogP) is 3.06. The molecule has 1 saturated heterocycles. The minimum atomic E-state index is 0.696. The fourth-order valence-corrected chi connectivity index (χ4v) is 3.79. The van der Waals surface area contributed by atoms with E-state index in [1.807, 2.05) is 12.4 Å². The molecule has 1 saturated carbocycles. The molecule has 1 aromatic rings. The van der Waals surface area contributed by atoms with Gasteiger partial charge in [0.2, 0.25) is 0 Å². The molecule has 1 N–H and O–H groups in total. The fraction of sp³-hybridized carbons (Fsp3) is 0.706. The normalized spacial score (nSPS) is 25.4. The van der Waals surface area contributed by atoms with E-state index >= 15 is 0 Å². The smallest absolute Gasteiger partial charge is 0.0443 e. The molecule has 2 fully saturated rings. The summed E-state index contributed by atoms with van der Waals surface area (Å²) in [5.41, 5.74) is 2.76. The first kappa shape index (κ1) is 13.9. The van der Waals surface area contributed by atoms with Crippen molar-refractivity contribution in [3.05, 3.63) is 24.0 Å². The van der Waals surface area contributed by atoms with Gasteiger partial charge in [-0.05, 0) is 43.2 Å². The Hall–Kier alpha value is -1.09. The Morgan fingerprint density at radius 1 is 1.30 bits per heavy atom. The second-order valence-corrected chi connectivity index (χ2v) is 6.89. The van der Waals surface area contributed by atoms with Crippen LogP contribution in [0.3, 0.4) is 0 Å². The molecule has 2 heterocycles. The molecule has 0 aromatic carbocycles. The van der Waals surface area contributed by atoms with E-state index in [4.69, 9.17) is 0 Å². The zero-order valence-electron chi connectivity index (χ0n) is 12.8. The first-order valence-electron chi connectivity index (χ1n) is 8.12. The van der Waals surface area contributed by atoms with Crippen LogP contribution in [0.15, 0.2) is 18.5 Å². The first-order chi connectivity index (χ1) is 9.74. The number of nitrogens with one attached hydrogen (secondary N) is 1. The minimum Gasteiger partial charge on any atom is -0.371 e. The predicted molar refractivity (Wildman–Crippen MR) is 83.8 cm³/mol. The molecule has 3 nitrogen and oxygen atoms in total. The molecule has 1 aromatic heterocycles. The molecule has 0 bridgehead atoms. The number of hydrogen-bond donors (Lipinski definition) is 1. The van der Waals surface area contributed by atoms with Gasteiger partial charge in [-0.3, -0.25) is 4.98 Å². The Kier molecular flexibility index (Phi) is 4.25. The lowest BCUT2D eigenvalue weighted by Gasteiger charge is -2.23. The molecule has 0 radical (unpaired) electrons. The molecule has 2 atom stereocenters. The molecule has 0 amide bonds. The Morgan fingerprint density at radius 2 is 2.05 bits per heavy atom. The average molecular weight is 273 g/mol. The second kappa shape index (κ2) is 6.13. The molecule has 3 rings (SSSR count). The zero-order chi connectivity index (χ0) is 13.9. The van der Waals surface area contributed by atoms with Gasteiger partial charge in [-0.25, -0.2) is 0 Å². The number of anilines is 1. The topological polar surface area (TPSA) is 28.2 Å². The fourth-order valence-electron chi connectivity index (χ4n) is 3.79. The molecule has 1 aliphatic heterocycles. The van der Waals surface area contributed by atoms with Crippen molar-refractivity contribution >= 4 is 5.69 Å². The SMILES string of the molecule is CC(C)CNCc1cnccc1N1CC2CCCC2C1. The maximum atomic E-state index is 4.32. The molecule has 3 heteroatoms. The van der Waals surface area contributed by atoms with E-state index in [0.29, 0.717) is 5.92 Å². The lowest BCUT2D eigenvalue weighted by molar-refractivity contribution is 0.494. The molecule has 1 aliphatic carbocycles. The van der Waals surface area contributed by atoms with Gasteiger partial charge in [0.05, 0.1) is 0 Å². The van der Waals surface area contributed by atoms with Gasteiger partial charge in [0.1, 0.15) is 0 Å². The monoisotopic (exact) mass is 273 g/mol. The summed E-state index contributed by atoms with van der Waals surface area (Å²) in [6, 6.07) is 2.20. The number of hydrogen-bond acceptors (Lipinski definition) is 3. The molecule has 110 valence electrons. The number of nitrogens with zero attached hydrogens (tertiary/aromatic N) is 2. The highest BCUT2D eigenvalue weighted by atomic mass is 15.2. The summed E-state index contributed by atoms with van der Waals surface area (Å²) in [7, 11) is 0. The van der Waals surface area contributed by atoms with E-state index in [1.54, 1.807) is 0 Å². The van der Waals surface area contributed by atoms with E-state index in [-0.39, 0.29) is 0 Å². The average Bonchev–Trinajstić information content (AvgIpc) is 2.99. The summed E-state index contributed by atoms with van der Waals surface area (Å²) in [4.78, 5) is 6.92. The first-order valence-corrected chi connectivity index (χ1v) is 8.12. The highest BCUT2D eigenvalue weighted by Crippen LogP contribution is 2.40. The van der Waals surface area contributed by atoms with Crippen molar-refractivity contribution in [1.29, 1.82) is 0 Å². The molecule has 2 unspecified atom stereocenters. The van der Waals surface area contributed by atoms with Gasteiger partial charge in [0, 0.05) is 43.3 Å². The summed E-state index contributed by atoms with van der Waals surface area (Å²) in [6.07, 6.45) is 8.30. The summed E-state index contributed by atoms with van der Waals surface area (Å²) in [5.74, 6) is 2.58. The largest absolute Gasteiger partial charge is 0.371 e. The third-order valence-electron chi connectivity index (χ3n) is 4.81. The van der Waals surface area contributed by atoms with Crippen LogP contribution in [0.5, 0.6) is 0 Å². The van der Waals surface area contributed by atoms with Crippen LogP contribution in [-0.4, -0.2) is 24.6 Å². The van der Waals surface area contributed by atoms with Crippen molar-refractivity contribution < 1.29 is 0 Å². The van der Waals surface area contributed by atoms with Gasteiger partial charge in [0.25, 0.3) is 0 Å². The van der Waals surface area contributed by atoms with E-state index in [1.165, 1.54) is 43.6 Å². The van der Waals surface area contributed by atoms with Crippen LogP contribution in [0.1, 0.15) is 38.7 Å². The van der Waals surface area contributed by atoms with Crippen molar-refractivity contribution in [2.75, 3.05) is 24.5 Å². The number of pyridine rings is 1. The Bertz CT molecular complexity index is 432. The lowest BCUT2D eigenvalue weighted by atomic mass is 10.0. The van der Waals surface area contributed by atoms with E-state index in [9.17, 15) is 0 Å². The van der Waals surface area contributed by atoms with Crippen LogP contribution in [0.4, 0.5) is 5.69 Å². The summed E-state index contributed by atoms with van der Waals surface area (Å²) >= 11 is 0. The number of rotatable bonds is 5. The van der Waals surface area contributed by atoms with Gasteiger partial charge in [0.15, 0.2) is 0 Å². The number of fused-ring (bicyclic) bond motifs is 1.